The zero-order valence-corrected chi connectivity index (χ0v) is 23.9. The van der Waals surface area contributed by atoms with Crippen molar-refractivity contribution in [3.05, 3.63) is 42.2 Å². The minimum absolute atomic E-state index is 0.265. The molecular weight excluding hydrogens is 520 g/mol. The van der Waals surface area contributed by atoms with Crippen LogP contribution in [0.5, 0.6) is 0 Å². The van der Waals surface area contributed by atoms with Crippen LogP contribution in [0.15, 0.2) is 30.9 Å². The predicted octanol–water partition coefficient (Wildman–Crippen LogP) is 3.08. The summed E-state index contributed by atoms with van der Waals surface area (Å²) in [6, 6.07) is 7.41. The standard InChI is InChI=1S/C30H40N8O3/c1-16(2)37(13-22-25(39)26(40)29(41-22)38-15-34-24-27(31)32-14-33-28(24)38)19-10-17(11-19)4-7-23-35-20-6-5-18(12-21(20)36-23)30(3)8-9-30/h5-6,12,14-17,19,22,25-26,29,39-40H,4,7-11,13H2,1-3H3,(H,35,36)(H2,31,32,33)/t17?,19?,22-,25-,26-,29-/m1/s1. The Balaban J connectivity index is 0.958. The summed E-state index contributed by atoms with van der Waals surface area (Å²) in [5.41, 5.74) is 10.8. The highest BCUT2D eigenvalue weighted by Gasteiger charge is 2.46. The Morgan fingerprint density at radius 1 is 1.17 bits per heavy atom. The number of imidazole rings is 2. The number of nitrogen functional groups attached to an aromatic ring is 1. The Morgan fingerprint density at radius 3 is 2.73 bits per heavy atom. The second kappa shape index (κ2) is 10.0. The highest BCUT2D eigenvalue weighted by atomic mass is 16.6. The molecule has 4 aromatic rings. The summed E-state index contributed by atoms with van der Waals surface area (Å²) in [7, 11) is 0. The number of aryl methyl sites for hydroxylation is 1. The third-order valence-electron chi connectivity index (χ3n) is 9.75. The third kappa shape index (κ3) is 4.78. The van der Waals surface area contributed by atoms with Gasteiger partial charge in [0, 0.05) is 25.0 Å². The summed E-state index contributed by atoms with van der Waals surface area (Å²) in [4.78, 5) is 23.4. The first-order valence-electron chi connectivity index (χ1n) is 14.9. The van der Waals surface area contributed by atoms with Gasteiger partial charge in [-0.3, -0.25) is 9.47 Å². The number of fused-ring (bicyclic) bond motifs is 2. The van der Waals surface area contributed by atoms with Gasteiger partial charge in [-0.2, -0.15) is 0 Å². The molecule has 7 rings (SSSR count). The van der Waals surface area contributed by atoms with Crippen LogP contribution in [0.4, 0.5) is 5.82 Å². The monoisotopic (exact) mass is 560 g/mol. The lowest BCUT2D eigenvalue weighted by molar-refractivity contribution is -0.0620. The zero-order valence-electron chi connectivity index (χ0n) is 23.9. The number of aliphatic hydroxyl groups excluding tert-OH is 2. The van der Waals surface area contributed by atoms with Crippen LogP contribution in [0, 0.1) is 5.92 Å². The Bertz CT molecular complexity index is 1560. The zero-order chi connectivity index (χ0) is 28.5. The summed E-state index contributed by atoms with van der Waals surface area (Å²) < 4.78 is 7.87. The lowest BCUT2D eigenvalue weighted by atomic mass is 9.76. The fourth-order valence-electron chi connectivity index (χ4n) is 6.73. The molecule has 2 saturated carbocycles. The lowest BCUT2D eigenvalue weighted by Gasteiger charge is -2.46. The van der Waals surface area contributed by atoms with Gasteiger partial charge in [0.25, 0.3) is 0 Å². The maximum absolute atomic E-state index is 10.9. The highest BCUT2D eigenvalue weighted by Crippen LogP contribution is 2.48. The Kier molecular flexibility index (Phi) is 6.53. The van der Waals surface area contributed by atoms with Crippen molar-refractivity contribution in [3.63, 3.8) is 0 Å². The van der Waals surface area contributed by atoms with Gasteiger partial charge in [0.2, 0.25) is 0 Å². The van der Waals surface area contributed by atoms with Crippen molar-refractivity contribution in [3.8, 4) is 0 Å². The number of nitrogens with two attached hydrogens (primary N) is 1. The van der Waals surface area contributed by atoms with E-state index in [1.54, 1.807) is 4.57 Å². The van der Waals surface area contributed by atoms with Gasteiger partial charge in [-0.1, -0.05) is 13.0 Å². The molecule has 11 heteroatoms. The number of anilines is 1. The molecule has 0 radical (unpaired) electrons. The van der Waals surface area contributed by atoms with Crippen molar-refractivity contribution in [2.75, 3.05) is 12.3 Å². The van der Waals surface area contributed by atoms with Gasteiger partial charge in [0.15, 0.2) is 17.7 Å². The molecule has 5 N–H and O–H groups in total. The van der Waals surface area contributed by atoms with E-state index in [1.165, 1.54) is 31.1 Å². The number of aliphatic hydroxyl groups is 2. The molecule has 0 amide bonds. The number of aromatic nitrogens is 6. The van der Waals surface area contributed by atoms with E-state index in [1.807, 2.05) is 0 Å². The van der Waals surface area contributed by atoms with Crippen LogP contribution < -0.4 is 5.73 Å². The predicted molar refractivity (Wildman–Crippen MR) is 155 cm³/mol. The average molecular weight is 561 g/mol. The molecule has 4 atom stereocenters. The van der Waals surface area contributed by atoms with Crippen molar-refractivity contribution in [2.45, 2.75) is 101 Å². The van der Waals surface area contributed by atoms with E-state index in [0.717, 1.165) is 42.5 Å². The minimum Gasteiger partial charge on any atom is -0.387 e. The number of H-pyrrole nitrogens is 1. The van der Waals surface area contributed by atoms with Crippen LogP contribution in [0.3, 0.4) is 0 Å². The van der Waals surface area contributed by atoms with E-state index in [0.29, 0.717) is 35.1 Å². The Hall–Kier alpha value is -3.12. The summed E-state index contributed by atoms with van der Waals surface area (Å²) in [5, 5.41) is 21.8. The summed E-state index contributed by atoms with van der Waals surface area (Å²) in [6.07, 6.45) is 6.24. The normalized spacial score (nSPS) is 29.1. The molecule has 4 heterocycles. The first-order chi connectivity index (χ1) is 19.7. The molecule has 3 fully saturated rings. The number of rotatable bonds is 9. The molecule has 11 nitrogen and oxygen atoms in total. The average Bonchev–Trinajstić information content (AvgIpc) is 3.24. The first kappa shape index (κ1) is 26.8. The maximum atomic E-state index is 10.9. The van der Waals surface area contributed by atoms with E-state index < -0.39 is 24.5 Å². The molecule has 2 aliphatic carbocycles. The van der Waals surface area contributed by atoms with Gasteiger partial charge in [-0.25, -0.2) is 19.9 Å². The number of aromatic amines is 1. The first-order valence-corrected chi connectivity index (χ1v) is 14.9. The number of benzene rings is 1. The van der Waals surface area contributed by atoms with E-state index >= 15 is 0 Å². The van der Waals surface area contributed by atoms with Crippen LogP contribution in [0.25, 0.3) is 22.2 Å². The summed E-state index contributed by atoms with van der Waals surface area (Å²) >= 11 is 0. The molecule has 0 unspecified atom stereocenters. The van der Waals surface area contributed by atoms with Crippen LogP contribution in [-0.2, 0) is 16.6 Å². The highest BCUT2D eigenvalue weighted by molar-refractivity contribution is 5.81. The van der Waals surface area contributed by atoms with Crippen molar-refractivity contribution < 1.29 is 14.9 Å². The van der Waals surface area contributed by atoms with Crippen LogP contribution in [-0.4, -0.2) is 81.5 Å². The lowest BCUT2D eigenvalue weighted by Crippen LogP contribution is -2.52. The van der Waals surface area contributed by atoms with Gasteiger partial charge in [0.05, 0.1) is 17.4 Å². The number of hydrogen-bond acceptors (Lipinski definition) is 9. The second-order valence-corrected chi connectivity index (χ2v) is 12.9. The maximum Gasteiger partial charge on any atom is 0.167 e. The fraction of sp³-hybridized carbons (Fsp3) is 0.600. The second-order valence-electron chi connectivity index (χ2n) is 12.9. The van der Waals surface area contributed by atoms with Crippen molar-refractivity contribution in [1.29, 1.82) is 0 Å². The van der Waals surface area contributed by atoms with Crippen molar-refractivity contribution in [1.82, 2.24) is 34.4 Å². The molecule has 41 heavy (non-hydrogen) atoms. The van der Waals surface area contributed by atoms with Gasteiger partial charge < -0.3 is 25.7 Å². The van der Waals surface area contributed by atoms with Gasteiger partial charge in [-0.05, 0) is 75.0 Å². The molecule has 3 aromatic heterocycles. The summed E-state index contributed by atoms with van der Waals surface area (Å²) in [6.45, 7) is 7.23. The SMILES string of the molecule is CC(C)N(C[C@H]1O[C@@H](n2cnc3c(N)ncnc32)[C@H](O)[C@@H]1O)C1CC(CCc2nc3cc(C4(C)CC4)ccc3[nH]2)C1. The van der Waals surface area contributed by atoms with Gasteiger partial charge in [-0.15, -0.1) is 0 Å². The number of ether oxygens (including phenoxy) is 1. The smallest absolute Gasteiger partial charge is 0.167 e. The molecule has 218 valence electrons. The molecule has 1 aliphatic heterocycles. The third-order valence-corrected chi connectivity index (χ3v) is 9.75. The number of hydrogen-bond donors (Lipinski definition) is 4. The van der Waals surface area contributed by atoms with E-state index in [4.69, 9.17) is 15.5 Å². The largest absolute Gasteiger partial charge is 0.387 e. The van der Waals surface area contributed by atoms with Crippen LogP contribution in [0.1, 0.15) is 70.5 Å². The van der Waals surface area contributed by atoms with E-state index in [2.05, 4.69) is 63.8 Å². The van der Waals surface area contributed by atoms with E-state index in [9.17, 15) is 10.2 Å². The van der Waals surface area contributed by atoms with E-state index in [-0.39, 0.29) is 11.9 Å². The van der Waals surface area contributed by atoms with Crippen molar-refractivity contribution >= 4 is 28.0 Å². The molecular formula is C30H40N8O3. The van der Waals surface area contributed by atoms with Gasteiger partial charge >= 0.3 is 0 Å². The Labute approximate surface area is 239 Å². The quantitative estimate of drug-likeness (QED) is 0.242. The molecule has 3 aliphatic rings. The van der Waals surface area contributed by atoms with Crippen LogP contribution >= 0.6 is 0 Å². The molecule has 0 bridgehead atoms. The molecule has 1 saturated heterocycles. The molecule has 1 aromatic carbocycles. The number of nitrogens with one attached hydrogen (secondary N) is 1. The summed E-state index contributed by atoms with van der Waals surface area (Å²) in [5.74, 6) is 1.98. The van der Waals surface area contributed by atoms with Crippen LogP contribution in [0.2, 0.25) is 0 Å². The molecule has 0 spiro atoms. The number of nitrogens with zero attached hydrogens (tertiary/aromatic N) is 6. The Morgan fingerprint density at radius 2 is 1.98 bits per heavy atom. The van der Waals surface area contributed by atoms with Gasteiger partial charge in [0.1, 0.15) is 36.0 Å². The minimum atomic E-state index is -1.11. The fourth-order valence-corrected chi connectivity index (χ4v) is 6.73. The topological polar surface area (TPSA) is 151 Å². The van der Waals surface area contributed by atoms with Crippen molar-refractivity contribution in [2.24, 2.45) is 5.92 Å².